The topological polar surface area (TPSA) is 44.9 Å². The second kappa shape index (κ2) is 4.74. The van der Waals surface area contributed by atoms with Crippen LogP contribution in [0.2, 0.25) is 0 Å². The van der Waals surface area contributed by atoms with E-state index in [1.165, 1.54) is 0 Å². The van der Waals surface area contributed by atoms with Gasteiger partial charge in [-0.15, -0.1) is 11.3 Å². The zero-order valence-corrected chi connectivity index (χ0v) is 12.2. The standard InChI is InChI=1S/C13H9IN2OS/c14-12-6-9(7-18-12)13(17)16-10-1-2-11-8(5-10)3-4-15-11/h1-7,15H,(H,16,17). The SMILES string of the molecule is O=C(Nc1ccc2[nH]ccc2c1)c1csc(I)c1. The summed E-state index contributed by atoms with van der Waals surface area (Å²) in [4.78, 5) is 15.1. The number of anilines is 1. The first-order valence-electron chi connectivity index (χ1n) is 5.35. The predicted octanol–water partition coefficient (Wildman–Crippen LogP) is 4.09. The van der Waals surface area contributed by atoms with Crippen LogP contribution in [-0.2, 0) is 0 Å². The number of rotatable bonds is 2. The molecule has 0 unspecified atom stereocenters. The van der Waals surface area contributed by atoms with Crippen molar-refractivity contribution in [2.75, 3.05) is 5.32 Å². The number of H-pyrrole nitrogens is 1. The number of hydrogen-bond acceptors (Lipinski definition) is 2. The number of aromatic nitrogens is 1. The fraction of sp³-hybridized carbons (Fsp3) is 0. The Kier molecular flexibility index (Phi) is 3.09. The van der Waals surface area contributed by atoms with Crippen LogP contribution < -0.4 is 5.32 Å². The number of thiophene rings is 1. The molecule has 0 aliphatic rings. The van der Waals surface area contributed by atoms with Gasteiger partial charge in [-0.25, -0.2) is 0 Å². The van der Waals surface area contributed by atoms with E-state index in [2.05, 4.69) is 32.9 Å². The second-order valence-electron chi connectivity index (χ2n) is 3.87. The lowest BCUT2D eigenvalue weighted by atomic mass is 10.2. The van der Waals surface area contributed by atoms with E-state index in [1.54, 1.807) is 11.3 Å². The second-order valence-corrected chi connectivity index (χ2v) is 6.68. The molecule has 18 heavy (non-hydrogen) atoms. The molecule has 0 fully saturated rings. The monoisotopic (exact) mass is 368 g/mol. The van der Waals surface area contributed by atoms with Crippen LogP contribution in [0.5, 0.6) is 0 Å². The molecule has 3 aromatic rings. The van der Waals surface area contributed by atoms with Gasteiger partial charge in [-0.2, -0.15) is 0 Å². The van der Waals surface area contributed by atoms with Gasteiger partial charge in [0.2, 0.25) is 0 Å². The van der Waals surface area contributed by atoms with Crippen LogP contribution in [0, 0.1) is 2.88 Å². The van der Waals surface area contributed by atoms with E-state index < -0.39 is 0 Å². The third-order valence-corrected chi connectivity index (χ3v) is 4.43. The smallest absolute Gasteiger partial charge is 0.256 e. The molecule has 0 saturated heterocycles. The lowest BCUT2D eigenvalue weighted by Crippen LogP contribution is -2.10. The third-order valence-electron chi connectivity index (χ3n) is 2.64. The third kappa shape index (κ3) is 2.28. The molecule has 90 valence electrons. The van der Waals surface area contributed by atoms with Crippen molar-refractivity contribution >= 4 is 56.4 Å². The van der Waals surface area contributed by atoms with Gasteiger partial charge in [0.1, 0.15) is 0 Å². The predicted molar refractivity (Wildman–Crippen MR) is 83.3 cm³/mol. The van der Waals surface area contributed by atoms with E-state index in [9.17, 15) is 4.79 Å². The van der Waals surface area contributed by atoms with Gasteiger partial charge < -0.3 is 10.3 Å². The zero-order valence-electron chi connectivity index (χ0n) is 9.24. The molecule has 3 rings (SSSR count). The molecule has 0 radical (unpaired) electrons. The summed E-state index contributed by atoms with van der Waals surface area (Å²) in [6.45, 7) is 0. The summed E-state index contributed by atoms with van der Waals surface area (Å²) in [6.07, 6.45) is 1.89. The Morgan fingerprint density at radius 1 is 1.28 bits per heavy atom. The van der Waals surface area contributed by atoms with E-state index in [4.69, 9.17) is 0 Å². The molecule has 2 N–H and O–H groups in total. The van der Waals surface area contributed by atoms with Gasteiger partial charge in [-0.1, -0.05) is 0 Å². The van der Waals surface area contributed by atoms with Crippen molar-refractivity contribution in [3.8, 4) is 0 Å². The Morgan fingerprint density at radius 2 is 2.17 bits per heavy atom. The number of carbonyl (C=O) groups is 1. The van der Waals surface area contributed by atoms with Gasteiger partial charge in [0.15, 0.2) is 0 Å². The van der Waals surface area contributed by atoms with Gasteiger partial charge in [-0.3, -0.25) is 4.79 Å². The maximum absolute atomic E-state index is 12.0. The molecule has 0 bridgehead atoms. The molecule has 2 aromatic heterocycles. The van der Waals surface area contributed by atoms with Crippen molar-refractivity contribution in [1.82, 2.24) is 4.98 Å². The quantitative estimate of drug-likeness (QED) is 0.658. The summed E-state index contributed by atoms with van der Waals surface area (Å²) in [5.41, 5.74) is 2.59. The summed E-state index contributed by atoms with van der Waals surface area (Å²) in [7, 11) is 0. The first-order valence-corrected chi connectivity index (χ1v) is 7.31. The van der Waals surface area contributed by atoms with Gasteiger partial charge in [0.05, 0.1) is 8.45 Å². The molecule has 0 atom stereocenters. The van der Waals surface area contributed by atoms with E-state index in [0.717, 1.165) is 19.5 Å². The van der Waals surface area contributed by atoms with Crippen molar-refractivity contribution in [3.05, 3.63) is 50.4 Å². The first-order chi connectivity index (χ1) is 8.72. The molecule has 0 spiro atoms. The van der Waals surface area contributed by atoms with Crippen LogP contribution in [-0.4, -0.2) is 10.9 Å². The minimum Gasteiger partial charge on any atom is -0.361 e. The molecule has 1 aromatic carbocycles. The number of aromatic amines is 1. The molecule has 0 aliphatic carbocycles. The fourth-order valence-electron chi connectivity index (χ4n) is 1.76. The summed E-state index contributed by atoms with van der Waals surface area (Å²) in [5, 5.41) is 5.86. The molecule has 0 saturated carbocycles. The highest BCUT2D eigenvalue weighted by molar-refractivity contribution is 14.1. The van der Waals surface area contributed by atoms with Crippen LogP contribution in [0.1, 0.15) is 10.4 Å². The molecule has 0 aliphatic heterocycles. The highest BCUT2D eigenvalue weighted by atomic mass is 127. The Balaban J connectivity index is 1.85. The van der Waals surface area contributed by atoms with Crippen molar-refractivity contribution in [3.63, 3.8) is 0 Å². The molecule has 5 heteroatoms. The molecule has 3 nitrogen and oxygen atoms in total. The van der Waals surface area contributed by atoms with Crippen LogP contribution in [0.25, 0.3) is 10.9 Å². The minimum absolute atomic E-state index is 0.0657. The molecule has 2 heterocycles. The number of benzene rings is 1. The number of fused-ring (bicyclic) bond motifs is 1. The average Bonchev–Trinajstić information content (AvgIpc) is 2.96. The summed E-state index contributed by atoms with van der Waals surface area (Å²) >= 11 is 3.78. The summed E-state index contributed by atoms with van der Waals surface area (Å²) in [5.74, 6) is -0.0657. The fourth-order valence-corrected chi connectivity index (χ4v) is 3.09. The number of hydrogen-bond donors (Lipinski definition) is 2. The first kappa shape index (κ1) is 11.7. The van der Waals surface area contributed by atoms with Gasteiger partial charge in [-0.05, 0) is 52.9 Å². The van der Waals surface area contributed by atoms with E-state index >= 15 is 0 Å². The van der Waals surface area contributed by atoms with Crippen LogP contribution in [0.4, 0.5) is 5.69 Å². The van der Waals surface area contributed by atoms with Crippen molar-refractivity contribution < 1.29 is 4.79 Å². The van der Waals surface area contributed by atoms with E-state index in [1.807, 2.05) is 41.9 Å². The van der Waals surface area contributed by atoms with Crippen molar-refractivity contribution in [1.29, 1.82) is 0 Å². The molecular weight excluding hydrogens is 359 g/mol. The Bertz CT molecular complexity index is 716. The van der Waals surface area contributed by atoms with Gasteiger partial charge in [0, 0.05) is 28.2 Å². The average molecular weight is 368 g/mol. The highest BCUT2D eigenvalue weighted by Gasteiger charge is 2.08. The van der Waals surface area contributed by atoms with Crippen LogP contribution in [0.15, 0.2) is 41.9 Å². The Labute approximate surface area is 121 Å². The normalized spacial score (nSPS) is 10.7. The number of carbonyl (C=O) groups excluding carboxylic acids is 1. The summed E-state index contributed by atoms with van der Waals surface area (Å²) < 4.78 is 1.11. The van der Waals surface area contributed by atoms with E-state index in [-0.39, 0.29) is 5.91 Å². The number of nitrogens with one attached hydrogen (secondary N) is 2. The van der Waals surface area contributed by atoms with Crippen LogP contribution in [0.3, 0.4) is 0 Å². The van der Waals surface area contributed by atoms with Crippen molar-refractivity contribution in [2.24, 2.45) is 0 Å². The zero-order chi connectivity index (χ0) is 12.5. The van der Waals surface area contributed by atoms with Crippen LogP contribution >= 0.6 is 33.9 Å². The summed E-state index contributed by atoms with van der Waals surface area (Å²) in [6, 6.07) is 9.69. The molecule has 1 amide bonds. The number of halogens is 1. The Hall–Kier alpha value is -1.34. The number of amides is 1. The molecular formula is C13H9IN2OS. The van der Waals surface area contributed by atoms with Crippen molar-refractivity contribution in [2.45, 2.75) is 0 Å². The lowest BCUT2D eigenvalue weighted by molar-refractivity contribution is 0.102. The van der Waals surface area contributed by atoms with Gasteiger partial charge >= 0.3 is 0 Å². The largest absolute Gasteiger partial charge is 0.361 e. The highest BCUT2D eigenvalue weighted by Crippen LogP contribution is 2.20. The Morgan fingerprint density at radius 3 is 2.94 bits per heavy atom. The maximum Gasteiger partial charge on any atom is 0.256 e. The lowest BCUT2D eigenvalue weighted by Gasteiger charge is -2.03. The van der Waals surface area contributed by atoms with Gasteiger partial charge in [0.25, 0.3) is 5.91 Å². The van der Waals surface area contributed by atoms with E-state index in [0.29, 0.717) is 5.56 Å². The minimum atomic E-state index is -0.0657. The maximum atomic E-state index is 12.0.